The standard InChI is InChI=1S/C21H25F2N5O2S/c1-20(2,3)19-25-17(27-10-9-21(22,23)13-27)15-11-24-28(18(15)26-19)12-14-7-5-6-8-16(14)31(4,29)30/h5-8,11H,9-10,12-13H2,1-4H3. The van der Waals surface area contributed by atoms with Crippen LogP contribution in [0.5, 0.6) is 0 Å². The quantitative estimate of drug-likeness (QED) is 0.607. The van der Waals surface area contributed by atoms with Crippen molar-refractivity contribution in [1.29, 1.82) is 0 Å². The Bertz CT molecular complexity index is 1250. The number of hydrogen-bond acceptors (Lipinski definition) is 6. The first-order valence-corrected chi connectivity index (χ1v) is 11.9. The lowest BCUT2D eigenvalue weighted by atomic mass is 9.95. The summed E-state index contributed by atoms with van der Waals surface area (Å²) in [4.78, 5) is 11.1. The molecular formula is C21H25F2N5O2S. The van der Waals surface area contributed by atoms with Gasteiger partial charge in [-0.3, -0.25) is 0 Å². The van der Waals surface area contributed by atoms with Gasteiger partial charge in [0.15, 0.2) is 15.5 Å². The van der Waals surface area contributed by atoms with Gasteiger partial charge in [0, 0.05) is 24.6 Å². The Labute approximate surface area is 180 Å². The maximum absolute atomic E-state index is 13.9. The molecule has 0 saturated carbocycles. The van der Waals surface area contributed by atoms with Gasteiger partial charge in [0.05, 0.1) is 29.6 Å². The van der Waals surface area contributed by atoms with E-state index in [1.807, 2.05) is 20.8 Å². The first kappa shape index (κ1) is 21.6. The monoisotopic (exact) mass is 449 g/mol. The second-order valence-electron chi connectivity index (χ2n) is 9.07. The van der Waals surface area contributed by atoms with E-state index in [9.17, 15) is 17.2 Å². The van der Waals surface area contributed by atoms with Gasteiger partial charge in [-0.15, -0.1) is 0 Å². The van der Waals surface area contributed by atoms with Gasteiger partial charge in [0.1, 0.15) is 11.6 Å². The second-order valence-corrected chi connectivity index (χ2v) is 11.1. The van der Waals surface area contributed by atoms with E-state index in [2.05, 4.69) is 15.1 Å². The third-order valence-electron chi connectivity index (χ3n) is 5.31. The van der Waals surface area contributed by atoms with Crippen LogP contribution in [0.15, 0.2) is 35.4 Å². The molecule has 1 aromatic carbocycles. The van der Waals surface area contributed by atoms with Crippen LogP contribution in [0.4, 0.5) is 14.6 Å². The molecule has 7 nitrogen and oxygen atoms in total. The van der Waals surface area contributed by atoms with Gasteiger partial charge in [0.2, 0.25) is 0 Å². The molecule has 4 rings (SSSR count). The first-order valence-electron chi connectivity index (χ1n) is 10.00. The Hall–Kier alpha value is -2.62. The molecule has 0 radical (unpaired) electrons. The van der Waals surface area contributed by atoms with Gasteiger partial charge in [-0.25, -0.2) is 31.8 Å². The highest BCUT2D eigenvalue weighted by atomic mass is 32.2. The minimum atomic E-state index is -3.42. The van der Waals surface area contributed by atoms with E-state index in [0.717, 1.165) is 0 Å². The van der Waals surface area contributed by atoms with Gasteiger partial charge in [-0.2, -0.15) is 5.10 Å². The fourth-order valence-corrected chi connectivity index (χ4v) is 4.64. The van der Waals surface area contributed by atoms with Gasteiger partial charge in [0.25, 0.3) is 5.92 Å². The van der Waals surface area contributed by atoms with Crippen LogP contribution < -0.4 is 4.90 Å². The van der Waals surface area contributed by atoms with E-state index in [1.54, 1.807) is 40.0 Å². The number of hydrogen-bond donors (Lipinski definition) is 0. The maximum atomic E-state index is 13.9. The van der Waals surface area contributed by atoms with Crippen LogP contribution in [0.3, 0.4) is 0 Å². The van der Waals surface area contributed by atoms with Crippen LogP contribution in [-0.2, 0) is 21.8 Å². The van der Waals surface area contributed by atoms with Crippen LogP contribution >= 0.6 is 0 Å². The summed E-state index contributed by atoms with van der Waals surface area (Å²) in [7, 11) is -3.42. The van der Waals surface area contributed by atoms with E-state index in [-0.39, 0.29) is 24.4 Å². The van der Waals surface area contributed by atoms with E-state index in [4.69, 9.17) is 0 Å². The number of sulfone groups is 1. The van der Waals surface area contributed by atoms with E-state index in [1.165, 1.54) is 6.26 Å². The summed E-state index contributed by atoms with van der Waals surface area (Å²) in [6, 6.07) is 6.73. The zero-order valence-corrected chi connectivity index (χ0v) is 18.7. The minimum Gasteiger partial charge on any atom is -0.350 e. The molecule has 3 heterocycles. The van der Waals surface area contributed by atoms with Crippen LogP contribution in [0.2, 0.25) is 0 Å². The largest absolute Gasteiger partial charge is 0.350 e. The molecule has 0 amide bonds. The van der Waals surface area contributed by atoms with Crippen molar-refractivity contribution in [2.45, 2.75) is 50.0 Å². The molecule has 0 atom stereocenters. The molecule has 166 valence electrons. The molecule has 0 N–H and O–H groups in total. The molecule has 1 aliphatic rings. The summed E-state index contributed by atoms with van der Waals surface area (Å²) in [6.07, 6.45) is 2.51. The molecule has 2 aromatic heterocycles. The highest BCUT2D eigenvalue weighted by Crippen LogP contribution is 2.35. The lowest BCUT2D eigenvalue weighted by molar-refractivity contribution is 0.0257. The van der Waals surface area contributed by atoms with Crippen molar-refractivity contribution in [3.63, 3.8) is 0 Å². The third-order valence-corrected chi connectivity index (χ3v) is 6.51. The zero-order chi connectivity index (χ0) is 22.6. The number of halogens is 2. The Kier molecular flexibility index (Phi) is 5.03. The lowest BCUT2D eigenvalue weighted by Crippen LogP contribution is -2.27. The number of rotatable bonds is 4. The molecule has 0 bridgehead atoms. The summed E-state index contributed by atoms with van der Waals surface area (Å²) >= 11 is 0. The highest BCUT2D eigenvalue weighted by Gasteiger charge is 2.40. The van der Waals surface area contributed by atoms with Gasteiger partial charge in [-0.05, 0) is 11.6 Å². The molecule has 0 unspecified atom stereocenters. The summed E-state index contributed by atoms with van der Waals surface area (Å²) < 4.78 is 53.8. The first-order chi connectivity index (χ1) is 14.4. The smallest absolute Gasteiger partial charge is 0.266 e. The van der Waals surface area contributed by atoms with Gasteiger partial charge in [-0.1, -0.05) is 39.0 Å². The Morgan fingerprint density at radius 1 is 1.16 bits per heavy atom. The predicted octanol–water partition coefficient (Wildman–Crippen LogP) is 3.42. The van der Waals surface area contributed by atoms with Crippen molar-refractivity contribution >= 4 is 26.7 Å². The molecule has 10 heteroatoms. The average molecular weight is 450 g/mol. The van der Waals surface area contributed by atoms with Gasteiger partial charge >= 0.3 is 0 Å². The summed E-state index contributed by atoms with van der Waals surface area (Å²) in [5.74, 6) is -1.80. The number of aromatic nitrogens is 4. The maximum Gasteiger partial charge on any atom is 0.266 e. The minimum absolute atomic E-state index is 0.183. The molecule has 1 aliphatic heterocycles. The zero-order valence-electron chi connectivity index (χ0n) is 17.9. The van der Waals surface area contributed by atoms with Crippen molar-refractivity contribution in [1.82, 2.24) is 19.7 Å². The molecule has 1 fully saturated rings. The third kappa shape index (κ3) is 4.26. The predicted molar refractivity (Wildman–Crippen MR) is 114 cm³/mol. The van der Waals surface area contributed by atoms with Crippen LogP contribution in [-0.4, -0.2) is 53.4 Å². The number of nitrogens with zero attached hydrogens (tertiary/aromatic N) is 5. The number of fused-ring (bicyclic) bond motifs is 1. The number of anilines is 1. The van der Waals surface area contributed by atoms with Crippen molar-refractivity contribution in [3.05, 3.63) is 41.9 Å². The van der Waals surface area contributed by atoms with E-state index < -0.39 is 27.7 Å². The molecule has 1 saturated heterocycles. The second kappa shape index (κ2) is 7.22. The van der Waals surface area contributed by atoms with Crippen molar-refractivity contribution in [3.8, 4) is 0 Å². The van der Waals surface area contributed by atoms with E-state index >= 15 is 0 Å². The Morgan fingerprint density at radius 3 is 2.48 bits per heavy atom. The Morgan fingerprint density at radius 2 is 1.87 bits per heavy atom. The fourth-order valence-electron chi connectivity index (χ4n) is 3.71. The fraction of sp³-hybridized carbons (Fsp3) is 0.476. The molecular weight excluding hydrogens is 424 g/mol. The Balaban J connectivity index is 1.85. The number of benzene rings is 1. The van der Waals surface area contributed by atoms with Crippen LogP contribution in [0.1, 0.15) is 38.6 Å². The molecule has 0 aliphatic carbocycles. The molecule has 31 heavy (non-hydrogen) atoms. The summed E-state index contributed by atoms with van der Waals surface area (Å²) in [5, 5.41) is 4.98. The van der Waals surface area contributed by atoms with Gasteiger partial charge < -0.3 is 4.90 Å². The topological polar surface area (TPSA) is 81.0 Å². The van der Waals surface area contributed by atoms with E-state index in [0.29, 0.717) is 28.2 Å². The van der Waals surface area contributed by atoms with Crippen molar-refractivity contribution in [2.24, 2.45) is 0 Å². The normalized spacial score (nSPS) is 16.9. The van der Waals surface area contributed by atoms with Crippen molar-refractivity contribution < 1.29 is 17.2 Å². The van der Waals surface area contributed by atoms with Crippen LogP contribution in [0.25, 0.3) is 11.0 Å². The summed E-state index contributed by atoms with van der Waals surface area (Å²) in [6.45, 7) is 5.85. The van der Waals surface area contributed by atoms with Crippen molar-refractivity contribution in [2.75, 3.05) is 24.2 Å². The summed E-state index contributed by atoms with van der Waals surface area (Å²) in [5.41, 5.74) is 0.666. The molecule has 0 spiro atoms. The van der Waals surface area contributed by atoms with Crippen LogP contribution in [0, 0.1) is 0 Å². The number of alkyl halides is 2. The molecule has 3 aromatic rings. The average Bonchev–Trinajstić information content (AvgIpc) is 3.23. The SMILES string of the molecule is CC(C)(C)c1nc(N2CCC(F)(F)C2)c2cnn(Cc3ccccc3S(C)(=O)=O)c2n1. The lowest BCUT2D eigenvalue weighted by Gasteiger charge is -2.22. The highest BCUT2D eigenvalue weighted by molar-refractivity contribution is 7.90.